The minimum Gasteiger partial charge on any atom is -0.455 e. The Morgan fingerprint density at radius 1 is 0.271 bits per heavy atom. The Morgan fingerprint density at radius 2 is 0.644 bits per heavy atom. The van der Waals surface area contributed by atoms with E-state index in [9.17, 15) is 0 Å². The molecule has 2 nitrogen and oxygen atoms in total. The molecule has 0 saturated heterocycles. The topological polar surface area (TPSA) is 26.3 Å². The van der Waals surface area contributed by atoms with Crippen molar-refractivity contribution in [1.82, 2.24) is 0 Å². The molecule has 0 atom stereocenters. The second-order valence-electron chi connectivity index (χ2n) is 15.6. The van der Waals surface area contributed by atoms with Crippen molar-refractivity contribution < 1.29 is 8.83 Å². The Labute approximate surface area is 342 Å². The van der Waals surface area contributed by atoms with Crippen LogP contribution in [0.5, 0.6) is 0 Å². The molecule has 0 radical (unpaired) electrons. The summed E-state index contributed by atoms with van der Waals surface area (Å²) >= 11 is 0. The second-order valence-corrected chi connectivity index (χ2v) is 19.4. The average Bonchev–Trinajstić information content (AvgIpc) is 3.89. The Bertz CT molecular complexity index is 3320. The molecule has 0 fully saturated rings. The summed E-state index contributed by atoms with van der Waals surface area (Å²) in [6, 6.07) is 80.1. The van der Waals surface area contributed by atoms with Gasteiger partial charge in [0, 0.05) is 32.7 Å². The zero-order valence-electron chi connectivity index (χ0n) is 32.1. The van der Waals surface area contributed by atoms with Gasteiger partial charge in [-0.3, -0.25) is 0 Å². The van der Waals surface area contributed by atoms with E-state index in [1.807, 2.05) is 12.1 Å². The maximum atomic E-state index is 6.52. The first-order valence-corrected chi connectivity index (χ1v) is 22.2. The molecule has 10 aromatic carbocycles. The van der Waals surface area contributed by atoms with Crippen molar-refractivity contribution in [3.63, 3.8) is 0 Å². The first-order valence-electron chi connectivity index (χ1n) is 20.2. The van der Waals surface area contributed by atoms with E-state index >= 15 is 0 Å². The molecule has 59 heavy (non-hydrogen) atoms. The summed E-state index contributed by atoms with van der Waals surface area (Å²) in [6.45, 7) is 0. The highest BCUT2D eigenvalue weighted by Crippen LogP contribution is 2.37. The normalized spacial score (nSPS) is 12.1. The Hall–Kier alpha value is -7.46. The van der Waals surface area contributed by atoms with E-state index in [1.54, 1.807) is 0 Å². The van der Waals surface area contributed by atoms with Crippen LogP contribution in [0.1, 0.15) is 0 Å². The molecule has 0 aliphatic carbocycles. The highest BCUT2D eigenvalue weighted by atomic mass is 28.3. The quantitative estimate of drug-likeness (QED) is 0.124. The lowest BCUT2D eigenvalue weighted by Gasteiger charge is -2.35. The molecule has 2 heterocycles. The van der Waals surface area contributed by atoms with E-state index in [1.165, 1.54) is 42.3 Å². The molecule has 0 unspecified atom stereocenters. The van der Waals surface area contributed by atoms with Crippen molar-refractivity contribution in [3.05, 3.63) is 218 Å². The summed E-state index contributed by atoms with van der Waals surface area (Å²) < 4.78 is 13.0. The summed E-state index contributed by atoms with van der Waals surface area (Å²) in [5.74, 6) is 0. The maximum Gasteiger partial charge on any atom is 0.179 e. The molecule has 0 bridgehead atoms. The summed E-state index contributed by atoms with van der Waals surface area (Å²) in [5, 5.41) is 14.8. The Kier molecular flexibility index (Phi) is 7.59. The van der Waals surface area contributed by atoms with Gasteiger partial charge in [0.05, 0.1) is 0 Å². The molecule has 0 amide bonds. The van der Waals surface area contributed by atoms with Gasteiger partial charge in [0.1, 0.15) is 22.3 Å². The first-order chi connectivity index (χ1) is 29.2. The van der Waals surface area contributed by atoms with Crippen LogP contribution in [0.4, 0.5) is 0 Å². The van der Waals surface area contributed by atoms with Gasteiger partial charge < -0.3 is 8.83 Å². The third kappa shape index (κ3) is 5.25. The van der Waals surface area contributed by atoms with Crippen molar-refractivity contribution in [1.29, 1.82) is 0 Å². The lowest BCUT2D eigenvalue weighted by Crippen LogP contribution is -2.74. The molecule has 2 aromatic heterocycles. The fourth-order valence-electron chi connectivity index (χ4n) is 9.59. The van der Waals surface area contributed by atoms with Crippen LogP contribution in [0, 0.1) is 0 Å². The lowest BCUT2D eigenvalue weighted by molar-refractivity contribution is 0.669. The number of para-hydroxylation sites is 4. The molecule has 0 aliphatic rings. The fourth-order valence-corrected chi connectivity index (χ4v) is 14.3. The number of furan rings is 2. The summed E-state index contributed by atoms with van der Waals surface area (Å²) in [6.07, 6.45) is 0. The van der Waals surface area contributed by atoms with Gasteiger partial charge in [0.15, 0.2) is 8.07 Å². The minimum absolute atomic E-state index is 0.908. The van der Waals surface area contributed by atoms with Gasteiger partial charge in [-0.15, -0.1) is 0 Å². The SMILES string of the molecule is c1ccc2cc([Si](c3ccc(-c4cccc5c4oc4ccccc45)cc3)(c3ccc(-c4cccc5c4oc4ccccc45)cc3)c3ccc4ccccc4c3)ccc2c1. The lowest BCUT2D eigenvalue weighted by atomic mass is 10.0. The van der Waals surface area contributed by atoms with Gasteiger partial charge in [0.25, 0.3) is 0 Å². The van der Waals surface area contributed by atoms with E-state index < -0.39 is 8.07 Å². The number of rotatable bonds is 6. The van der Waals surface area contributed by atoms with Gasteiger partial charge in [-0.05, 0) is 65.6 Å². The van der Waals surface area contributed by atoms with Gasteiger partial charge in [0.2, 0.25) is 0 Å². The third-order valence-electron chi connectivity index (χ3n) is 12.4. The molecular weight excluding hydrogens is 733 g/mol. The van der Waals surface area contributed by atoms with Crippen LogP contribution < -0.4 is 20.7 Å². The average molecular weight is 769 g/mol. The predicted octanol–water partition coefficient (Wildman–Crippen LogP) is 12.5. The van der Waals surface area contributed by atoms with Crippen LogP contribution in [0.25, 0.3) is 87.7 Å². The van der Waals surface area contributed by atoms with Gasteiger partial charge in [-0.1, -0.05) is 206 Å². The smallest absolute Gasteiger partial charge is 0.179 e. The van der Waals surface area contributed by atoms with Crippen LogP contribution in [0.2, 0.25) is 0 Å². The monoisotopic (exact) mass is 768 g/mol. The van der Waals surface area contributed by atoms with Crippen LogP contribution in [-0.4, -0.2) is 8.07 Å². The number of benzene rings is 10. The highest BCUT2D eigenvalue weighted by molar-refractivity contribution is 7.20. The zero-order valence-corrected chi connectivity index (χ0v) is 33.1. The van der Waals surface area contributed by atoms with Crippen molar-refractivity contribution in [3.8, 4) is 22.3 Å². The molecule has 12 aromatic rings. The molecule has 0 aliphatic heterocycles. The van der Waals surface area contributed by atoms with Gasteiger partial charge in [-0.2, -0.15) is 0 Å². The van der Waals surface area contributed by atoms with Crippen molar-refractivity contribution >= 4 is 94.2 Å². The Balaban J connectivity index is 1.10. The van der Waals surface area contributed by atoms with Crippen molar-refractivity contribution in [2.45, 2.75) is 0 Å². The van der Waals surface area contributed by atoms with E-state index in [-0.39, 0.29) is 0 Å². The van der Waals surface area contributed by atoms with Crippen LogP contribution in [0.3, 0.4) is 0 Å². The molecule has 0 saturated carbocycles. The van der Waals surface area contributed by atoms with Crippen LogP contribution in [-0.2, 0) is 0 Å². The minimum atomic E-state index is -2.99. The van der Waals surface area contributed by atoms with E-state index in [0.29, 0.717) is 0 Å². The largest absolute Gasteiger partial charge is 0.455 e. The van der Waals surface area contributed by atoms with E-state index in [4.69, 9.17) is 8.83 Å². The number of hydrogen-bond acceptors (Lipinski definition) is 2. The molecule has 3 heteroatoms. The van der Waals surface area contributed by atoms with Crippen molar-refractivity contribution in [2.24, 2.45) is 0 Å². The van der Waals surface area contributed by atoms with E-state index in [2.05, 4.69) is 206 Å². The predicted molar refractivity (Wildman–Crippen MR) is 250 cm³/mol. The van der Waals surface area contributed by atoms with E-state index in [0.717, 1.165) is 66.1 Å². The molecular formula is C56H36O2Si. The molecule has 0 N–H and O–H groups in total. The third-order valence-corrected chi connectivity index (χ3v) is 17.2. The summed E-state index contributed by atoms with van der Waals surface area (Å²) in [7, 11) is -2.99. The summed E-state index contributed by atoms with van der Waals surface area (Å²) in [4.78, 5) is 0. The van der Waals surface area contributed by atoms with Crippen molar-refractivity contribution in [2.75, 3.05) is 0 Å². The summed E-state index contributed by atoms with van der Waals surface area (Å²) in [5.41, 5.74) is 8.11. The number of fused-ring (bicyclic) bond motifs is 8. The standard InChI is InChI=1S/C56H36O2Si/c1-3-13-41-35-45(33-23-37(41)11-1)59(46-34-24-38-12-2-4-14-42(38)36-46,43-29-25-39(26-30-43)47-17-9-19-51-49-15-5-7-21-53(49)57-55(47)51)44-31-27-40(28-32-44)48-18-10-20-52-50-16-6-8-22-54(50)58-56(48)52/h1-36H. The van der Waals surface area contributed by atoms with Gasteiger partial charge >= 0.3 is 0 Å². The fraction of sp³-hybridized carbons (Fsp3) is 0. The molecule has 12 rings (SSSR count). The zero-order chi connectivity index (χ0) is 38.9. The molecule has 276 valence electrons. The maximum absolute atomic E-state index is 6.52. The van der Waals surface area contributed by atoms with Gasteiger partial charge in [-0.25, -0.2) is 0 Å². The number of hydrogen-bond donors (Lipinski definition) is 0. The second kappa shape index (κ2) is 13.3. The highest BCUT2D eigenvalue weighted by Gasteiger charge is 2.42. The Morgan fingerprint density at radius 3 is 1.10 bits per heavy atom. The first kappa shape index (κ1) is 33.7. The van der Waals surface area contributed by atoms with Crippen LogP contribution in [0.15, 0.2) is 227 Å². The molecule has 0 spiro atoms. The van der Waals surface area contributed by atoms with Crippen LogP contribution >= 0.6 is 0 Å².